The third-order valence-corrected chi connectivity index (χ3v) is 5.54. The first kappa shape index (κ1) is 13.1. The second kappa shape index (κ2) is 4.90. The summed E-state index contributed by atoms with van der Waals surface area (Å²) in [5.74, 6) is 0. The molecule has 2 atom stereocenters. The number of sulfonamides is 1. The Morgan fingerprint density at radius 3 is 2.74 bits per heavy atom. The smallest absolute Gasteiger partial charge is 0.244 e. The number of rotatable bonds is 4. The van der Waals surface area contributed by atoms with Crippen LogP contribution in [0.3, 0.4) is 0 Å². The van der Waals surface area contributed by atoms with E-state index in [9.17, 15) is 8.42 Å². The lowest BCUT2D eigenvalue weighted by Gasteiger charge is -2.30. The maximum atomic E-state index is 12.6. The lowest BCUT2D eigenvalue weighted by molar-refractivity contribution is -0.0114. The van der Waals surface area contributed by atoms with Crippen molar-refractivity contribution >= 4 is 10.0 Å². The first-order valence-electron chi connectivity index (χ1n) is 6.57. The van der Waals surface area contributed by atoms with Gasteiger partial charge >= 0.3 is 0 Å². The molecule has 6 nitrogen and oxygen atoms in total. The van der Waals surface area contributed by atoms with Crippen LogP contribution in [0, 0.1) is 0 Å². The van der Waals surface area contributed by atoms with E-state index in [1.54, 1.807) is 16.6 Å². The van der Waals surface area contributed by atoms with E-state index >= 15 is 0 Å². The van der Waals surface area contributed by atoms with Crippen molar-refractivity contribution in [3.63, 3.8) is 0 Å². The summed E-state index contributed by atoms with van der Waals surface area (Å²) in [5, 5.41) is 2.99. The average molecular weight is 285 g/mol. The largest absolute Gasteiger partial charge is 0.372 e. The van der Waals surface area contributed by atoms with E-state index in [0.29, 0.717) is 24.5 Å². The van der Waals surface area contributed by atoms with Gasteiger partial charge in [-0.25, -0.2) is 8.42 Å². The molecule has 0 aromatic carbocycles. The Labute approximate surface area is 113 Å². The second-order valence-electron chi connectivity index (χ2n) is 5.17. The fourth-order valence-electron chi connectivity index (χ4n) is 2.78. The molecule has 106 valence electrons. The number of H-pyrrole nitrogens is 1. The highest BCUT2D eigenvalue weighted by molar-refractivity contribution is 7.89. The van der Waals surface area contributed by atoms with Crippen LogP contribution in [0.1, 0.15) is 18.5 Å². The van der Waals surface area contributed by atoms with E-state index in [0.717, 1.165) is 18.5 Å². The number of hydrogen-bond acceptors (Lipinski definition) is 4. The topological polar surface area (TPSA) is 74.4 Å². The Hall–Kier alpha value is -0.890. The van der Waals surface area contributed by atoms with Gasteiger partial charge < -0.3 is 15.0 Å². The first-order chi connectivity index (χ1) is 9.09. The monoisotopic (exact) mass is 285 g/mol. The molecule has 0 radical (unpaired) electrons. The number of nitrogens with one attached hydrogen (secondary N) is 2. The maximum absolute atomic E-state index is 12.6. The zero-order valence-electron chi connectivity index (χ0n) is 10.9. The summed E-state index contributed by atoms with van der Waals surface area (Å²) in [6.07, 6.45) is 3.65. The quantitative estimate of drug-likeness (QED) is 0.833. The van der Waals surface area contributed by atoms with Crippen molar-refractivity contribution in [2.24, 2.45) is 0 Å². The molecule has 2 aliphatic heterocycles. The minimum atomic E-state index is -3.39. The van der Waals surface area contributed by atoms with Crippen molar-refractivity contribution in [2.45, 2.75) is 36.5 Å². The molecule has 2 bridgehead atoms. The van der Waals surface area contributed by atoms with Crippen molar-refractivity contribution in [3.8, 4) is 0 Å². The summed E-state index contributed by atoms with van der Waals surface area (Å²) in [6, 6.07) is 1.70. The fraction of sp³-hybridized carbons (Fsp3) is 0.667. The molecule has 1 aromatic heterocycles. The molecule has 0 saturated carbocycles. The standard InChI is InChI=1S/C12H19N3O3S/c1-13-5-9-4-12(6-14-9)19(16,17)15-7-10-2-3-11(8-15)18-10/h4,6,10-11,13-14H,2-3,5,7-8H2,1H3. The van der Waals surface area contributed by atoms with Crippen molar-refractivity contribution in [2.75, 3.05) is 20.1 Å². The van der Waals surface area contributed by atoms with Gasteiger partial charge in [0.2, 0.25) is 10.0 Å². The summed E-state index contributed by atoms with van der Waals surface area (Å²) >= 11 is 0. The molecular formula is C12H19N3O3S. The zero-order chi connectivity index (χ0) is 13.5. The van der Waals surface area contributed by atoms with Crippen LogP contribution >= 0.6 is 0 Å². The minimum Gasteiger partial charge on any atom is -0.372 e. The lowest BCUT2D eigenvalue weighted by Crippen LogP contribution is -2.45. The van der Waals surface area contributed by atoms with E-state index in [-0.39, 0.29) is 12.2 Å². The predicted octanol–water partition coefficient (Wildman–Crippen LogP) is 0.286. The predicted molar refractivity (Wildman–Crippen MR) is 70.2 cm³/mol. The molecule has 19 heavy (non-hydrogen) atoms. The summed E-state index contributed by atoms with van der Waals surface area (Å²) in [6.45, 7) is 1.58. The third kappa shape index (κ3) is 2.43. The molecular weight excluding hydrogens is 266 g/mol. The molecule has 0 spiro atoms. The van der Waals surface area contributed by atoms with Crippen LogP contribution in [0.5, 0.6) is 0 Å². The molecule has 3 rings (SSSR count). The van der Waals surface area contributed by atoms with Gasteiger partial charge in [-0.2, -0.15) is 4.31 Å². The zero-order valence-corrected chi connectivity index (χ0v) is 11.7. The van der Waals surface area contributed by atoms with E-state index in [2.05, 4.69) is 10.3 Å². The van der Waals surface area contributed by atoms with E-state index in [1.165, 1.54) is 0 Å². The molecule has 2 unspecified atom stereocenters. The first-order valence-corrected chi connectivity index (χ1v) is 8.01. The molecule has 2 saturated heterocycles. The van der Waals surface area contributed by atoms with Crippen LogP contribution in [-0.2, 0) is 21.3 Å². The highest BCUT2D eigenvalue weighted by Gasteiger charge is 2.39. The van der Waals surface area contributed by atoms with Gasteiger partial charge in [0.15, 0.2) is 0 Å². The molecule has 0 aliphatic carbocycles. The molecule has 2 N–H and O–H groups in total. The molecule has 0 amide bonds. The Balaban J connectivity index is 1.81. The summed E-state index contributed by atoms with van der Waals surface area (Å²) < 4.78 is 32.3. The Kier molecular flexibility index (Phi) is 3.38. The molecule has 7 heteroatoms. The molecule has 2 aliphatic rings. The van der Waals surface area contributed by atoms with Gasteiger partial charge in [-0.05, 0) is 26.0 Å². The van der Waals surface area contributed by atoms with E-state index in [1.807, 2.05) is 7.05 Å². The van der Waals surface area contributed by atoms with Gasteiger partial charge in [0.1, 0.15) is 0 Å². The fourth-order valence-corrected chi connectivity index (χ4v) is 4.31. The van der Waals surface area contributed by atoms with Crippen LogP contribution in [0.25, 0.3) is 0 Å². The van der Waals surface area contributed by atoms with Crippen molar-refractivity contribution in [1.82, 2.24) is 14.6 Å². The van der Waals surface area contributed by atoms with Crippen LogP contribution in [0.15, 0.2) is 17.2 Å². The van der Waals surface area contributed by atoms with Crippen LogP contribution < -0.4 is 5.32 Å². The van der Waals surface area contributed by atoms with Gasteiger partial charge in [-0.15, -0.1) is 0 Å². The number of aromatic nitrogens is 1. The van der Waals surface area contributed by atoms with Gasteiger partial charge in [0.25, 0.3) is 0 Å². The number of fused-ring (bicyclic) bond motifs is 2. The van der Waals surface area contributed by atoms with Crippen LogP contribution in [0.2, 0.25) is 0 Å². The van der Waals surface area contributed by atoms with Gasteiger partial charge in [-0.3, -0.25) is 0 Å². The lowest BCUT2D eigenvalue weighted by atomic mass is 10.2. The maximum Gasteiger partial charge on any atom is 0.244 e. The third-order valence-electron chi connectivity index (χ3n) is 3.73. The van der Waals surface area contributed by atoms with Crippen molar-refractivity contribution in [1.29, 1.82) is 0 Å². The summed E-state index contributed by atoms with van der Waals surface area (Å²) in [7, 11) is -1.56. The van der Waals surface area contributed by atoms with Crippen LogP contribution in [0.4, 0.5) is 0 Å². The highest BCUT2D eigenvalue weighted by atomic mass is 32.2. The Bertz CT molecular complexity index is 542. The Morgan fingerprint density at radius 2 is 2.11 bits per heavy atom. The summed E-state index contributed by atoms with van der Waals surface area (Å²) in [5.41, 5.74) is 0.873. The number of morpholine rings is 1. The number of hydrogen-bond donors (Lipinski definition) is 2. The molecule has 1 aromatic rings. The summed E-state index contributed by atoms with van der Waals surface area (Å²) in [4.78, 5) is 3.34. The van der Waals surface area contributed by atoms with Gasteiger partial charge in [0, 0.05) is 31.5 Å². The Morgan fingerprint density at radius 1 is 1.42 bits per heavy atom. The van der Waals surface area contributed by atoms with Gasteiger partial charge in [0.05, 0.1) is 17.1 Å². The van der Waals surface area contributed by atoms with Crippen molar-refractivity contribution in [3.05, 3.63) is 18.0 Å². The van der Waals surface area contributed by atoms with Crippen molar-refractivity contribution < 1.29 is 13.2 Å². The normalized spacial score (nSPS) is 27.8. The minimum absolute atomic E-state index is 0.0734. The molecule has 3 heterocycles. The average Bonchev–Trinajstić information content (AvgIpc) is 2.97. The number of ether oxygens (including phenoxy) is 1. The number of nitrogens with zero attached hydrogens (tertiary/aromatic N) is 1. The molecule has 2 fully saturated rings. The van der Waals surface area contributed by atoms with E-state index in [4.69, 9.17) is 4.74 Å². The number of aromatic amines is 1. The second-order valence-corrected chi connectivity index (χ2v) is 7.11. The SMILES string of the molecule is CNCc1cc(S(=O)(=O)N2CC3CCC(C2)O3)c[nH]1. The van der Waals surface area contributed by atoms with Gasteiger partial charge in [-0.1, -0.05) is 0 Å². The van der Waals surface area contributed by atoms with E-state index < -0.39 is 10.0 Å². The van der Waals surface area contributed by atoms with Crippen LogP contribution in [-0.4, -0.2) is 50.1 Å². The highest BCUT2D eigenvalue weighted by Crippen LogP contribution is 2.29.